The van der Waals surface area contributed by atoms with Crippen LogP contribution in [0, 0.1) is 16.0 Å². The summed E-state index contributed by atoms with van der Waals surface area (Å²) in [6, 6.07) is 18.8. The zero-order valence-corrected chi connectivity index (χ0v) is 17.5. The van der Waals surface area contributed by atoms with Gasteiger partial charge in [0.15, 0.2) is 11.6 Å². The minimum atomic E-state index is -1.33. The Kier molecular flexibility index (Phi) is 5.66. The fraction of sp³-hybridized carbons (Fsp3) is 0.120. The van der Waals surface area contributed by atoms with Crippen molar-refractivity contribution in [2.75, 3.05) is 4.90 Å². The Morgan fingerprint density at radius 2 is 1.45 bits per heavy atom. The van der Waals surface area contributed by atoms with Gasteiger partial charge in [-0.05, 0) is 36.8 Å². The maximum Gasteiger partial charge on any atom is 0.295 e. The second-order valence-corrected chi connectivity index (χ2v) is 7.64. The van der Waals surface area contributed by atoms with Crippen LogP contribution in [0.4, 0.5) is 11.4 Å². The lowest BCUT2D eigenvalue weighted by atomic mass is 9.86. The van der Waals surface area contributed by atoms with Crippen LogP contribution in [0.1, 0.15) is 39.2 Å². The molecule has 2 atom stereocenters. The first-order valence-corrected chi connectivity index (χ1v) is 10.1. The number of nitro benzene ring substituents is 1. The Labute approximate surface area is 188 Å². The summed E-state index contributed by atoms with van der Waals surface area (Å²) in [6.07, 6.45) is 0. The van der Waals surface area contributed by atoms with E-state index in [-0.39, 0.29) is 17.0 Å². The molecule has 0 aromatic heterocycles. The van der Waals surface area contributed by atoms with E-state index >= 15 is 0 Å². The van der Waals surface area contributed by atoms with Crippen LogP contribution in [0.15, 0.2) is 78.9 Å². The first kappa shape index (κ1) is 21.8. The number of hydrogen-bond acceptors (Lipinski definition) is 6. The van der Waals surface area contributed by atoms with Crippen molar-refractivity contribution < 1.29 is 24.1 Å². The Morgan fingerprint density at radius 1 is 0.848 bits per heavy atom. The Bertz CT molecular complexity index is 1270. The van der Waals surface area contributed by atoms with Gasteiger partial charge in [0.2, 0.25) is 5.78 Å². The van der Waals surface area contributed by atoms with Gasteiger partial charge in [-0.3, -0.25) is 34.2 Å². The number of benzene rings is 3. The van der Waals surface area contributed by atoms with E-state index in [1.165, 1.54) is 60.4 Å². The molecule has 3 aromatic rings. The molecule has 1 aliphatic rings. The molecule has 1 amide bonds. The van der Waals surface area contributed by atoms with Crippen LogP contribution in [0.3, 0.4) is 0 Å². The summed E-state index contributed by atoms with van der Waals surface area (Å²) in [4.78, 5) is 62.8. The molecule has 2 unspecified atom stereocenters. The minimum Gasteiger partial charge on any atom is -0.297 e. The fourth-order valence-corrected chi connectivity index (χ4v) is 3.98. The zero-order chi connectivity index (χ0) is 23.7. The number of Topliss-reactive ketones (excluding diaryl/α,β-unsaturated/α-hetero) is 3. The van der Waals surface area contributed by atoms with Crippen LogP contribution in [0.2, 0.25) is 0 Å². The van der Waals surface area contributed by atoms with Crippen LogP contribution in [-0.2, 0) is 9.59 Å². The molecule has 3 aromatic carbocycles. The van der Waals surface area contributed by atoms with Crippen molar-refractivity contribution in [3.05, 3.63) is 106 Å². The van der Waals surface area contributed by atoms with Gasteiger partial charge in [0.25, 0.3) is 11.6 Å². The van der Waals surface area contributed by atoms with E-state index in [1.807, 2.05) is 0 Å². The van der Waals surface area contributed by atoms with E-state index in [2.05, 4.69) is 0 Å². The van der Waals surface area contributed by atoms with Crippen molar-refractivity contribution >= 4 is 34.6 Å². The molecule has 1 saturated heterocycles. The number of rotatable bonds is 6. The molecule has 1 aliphatic heterocycles. The van der Waals surface area contributed by atoms with Crippen molar-refractivity contribution in [3.8, 4) is 0 Å². The molecule has 0 radical (unpaired) electrons. The number of nitro groups is 1. The highest BCUT2D eigenvalue weighted by atomic mass is 16.6. The lowest BCUT2D eigenvalue weighted by molar-refractivity contribution is -0.384. The third-order valence-corrected chi connectivity index (χ3v) is 5.64. The molecule has 0 N–H and O–H groups in total. The van der Waals surface area contributed by atoms with Crippen molar-refractivity contribution in [2.45, 2.75) is 13.0 Å². The van der Waals surface area contributed by atoms with E-state index in [1.54, 1.807) is 30.3 Å². The van der Waals surface area contributed by atoms with Gasteiger partial charge >= 0.3 is 0 Å². The van der Waals surface area contributed by atoms with Gasteiger partial charge in [0.05, 0.1) is 11.0 Å². The molecule has 4 rings (SSSR count). The number of amides is 1. The van der Waals surface area contributed by atoms with Crippen LogP contribution < -0.4 is 4.90 Å². The molecule has 0 aliphatic carbocycles. The highest BCUT2D eigenvalue weighted by Gasteiger charge is 2.52. The summed E-state index contributed by atoms with van der Waals surface area (Å²) >= 11 is 0. The number of carbonyl (C=O) groups is 4. The molecule has 164 valence electrons. The number of hydrogen-bond donors (Lipinski definition) is 0. The van der Waals surface area contributed by atoms with E-state index in [9.17, 15) is 29.3 Å². The third-order valence-electron chi connectivity index (χ3n) is 5.64. The molecule has 0 saturated carbocycles. The standard InChI is InChI=1S/C25H18N2O6/c1-15(28)16-7-11-19(12-8-16)26-22(17-9-13-20(14-10-17)27(32)33)21(24(30)25(26)31)23(29)18-5-3-2-4-6-18/h2-14,21-22H,1H3. The summed E-state index contributed by atoms with van der Waals surface area (Å²) in [5.41, 5.74) is 1.30. The second-order valence-electron chi connectivity index (χ2n) is 7.64. The van der Waals surface area contributed by atoms with Crippen molar-refractivity contribution in [1.29, 1.82) is 0 Å². The maximum atomic E-state index is 13.3. The Morgan fingerprint density at radius 3 is 2.00 bits per heavy atom. The normalized spacial score (nSPS) is 17.8. The van der Waals surface area contributed by atoms with E-state index < -0.39 is 34.4 Å². The van der Waals surface area contributed by atoms with Crippen LogP contribution >= 0.6 is 0 Å². The van der Waals surface area contributed by atoms with Crippen molar-refractivity contribution in [1.82, 2.24) is 0 Å². The lowest BCUT2D eigenvalue weighted by Crippen LogP contribution is -2.30. The Hall–Kier alpha value is -4.46. The fourth-order valence-electron chi connectivity index (χ4n) is 3.98. The van der Waals surface area contributed by atoms with E-state index in [4.69, 9.17) is 0 Å². The van der Waals surface area contributed by atoms with Gasteiger partial charge in [-0.15, -0.1) is 0 Å². The molecule has 33 heavy (non-hydrogen) atoms. The first-order chi connectivity index (χ1) is 15.8. The average Bonchev–Trinajstić information content (AvgIpc) is 3.09. The quantitative estimate of drug-likeness (QED) is 0.188. The first-order valence-electron chi connectivity index (χ1n) is 10.1. The minimum absolute atomic E-state index is 0.155. The molecule has 0 spiro atoms. The summed E-state index contributed by atoms with van der Waals surface area (Å²) in [5, 5.41) is 11.1. The lowest BCUT2D eigenvalue weighted by Gasteiger charge is -2.27. The SMILES string of the molecule is CC(=O)c1ccc(N2C(=O)C(=O)C(C(=O)c3ccccc3)C2c2ccc([N+](=O)[O-])cc2)cc1. The maximum absolute atomic E-state index is 13.3. The highest BCUT2D eigenvalue weighted by molar-refractivity contribution is 6.49. The smallest absolute Gasteiger partial charge is 0.295 e. The van der Waals surface area contributed by atoms with Gasteiger partial charge in [-0.2, -0.15) is 0 Å². The van der Waals surface area contributed by atoms with Gasteiger partial charge in [0.1, 0.15) is 5.92 Å². The molecule has 8 heteroatoms. The van der Waals surface area contributed by atoms with Crippen LogP contribution in [0.25, 0.3) is 0 Å². The highest BCUT2D eigenvalue weighted by Crippen LogP contribution is 2.41. The molecular weight excluding hydrogens is 424 g/mol. The summed E-state index contributed by atoms with van der Waals surface area (Å²) in [7, 11) is 0. The van der Waals surface area contributed by atoms with Crippen LogP contribution in [0.5, 0.6) is 0 Å². The molecule has 1 fully saturated rings. The number of carbonyl (C=O) groups excluding carboxylic acids is 4. The Balaban J connectivity index is 1.84. The summed E-state index contributed by atoms with van der Waals surface area (Å²) in [6.45, 7) is 1.41. The number of non-ortho nitro benzene ring substituents is 1. The van der Waals surface area contributed by atoms with Crippen molar-refractivity contribution in [3.63, 3.8) is 0 Å². The predicted octanol–water partition coefficient (Wildman–Crippen LogP) is 3.95. The topological polar surface area (TPSA) is 115 Å². The van der Waals surface area contributed by atoms with Crippen LogP contribution in [-0.4, -0.2) is 28.2 Å². The van der Waals surface area contributed by atoms with Gasteiger partial charge < -0.3 is 0 Å². The number of nitrogens with zero attached hydrogens (tertiary/aromatic N) is 2. The third kappa shape index (κ3) is 3.94. The zero-order valence-electron chi connectivity index (χ0n) is 17.5. The molecule has 0 bridgehead atoms. The molecule has 1 heterocycles. The monoisotopic (exact) mass is 442 g/mol. The van der Waals surface area contributed by atoms with E-state index in [0.717, 1.165) is 0 Å². The van der Waals surface area contributed by atoms with Crippen molar-refractivity contribution in [2.24, 2.45) is 5.92 Å². The van der Waals surface area contributed by atoms with Gasteiger partial charge in [-0.1, -0.05) is 42.5 Å². The van der Waals surface area contributed by atoms with Gasteiger partial charge in [0, 0.05) is 28.9 Å². The van der Waals surface area contributed by atoms with E-state index in [0.29, 0.717) is 16.8 Å². The predicted molar refractivity (Wildman–Crippen MR) is 119 cm³/mol. The summed E-state index contributed by atoms with van der Waals surface area (Å²) in [5.74, 6) is -3.71. The number of anilines is 1. The molecule has 8 nitrogen and oxygen atoms in total. The second kappa shape index (κ2) is 8.58. The number of ketones is 3. The molecular formula is C25H18N2O6. The summed E-state index contributed by atoms with van der Waals surface area (Å²) < 4.78 is 0. The average molecular weight is 442 g/mol. The van der Waals surface area contributed by atoms with Gasteiger partial charge in [-0.25, -0.2) is 0 Å². The largest absolute Gasteiger partial charge is 0.297 e.